The summed E-state index contributed by atoms with van der Waals surface area (Å²) in [4.78, 5) is 22.8. The predicted octanol–water partition coefficient (Wildman–Crippen LogP) is 0.934. The maximum Gasteiger partial charge on any atom is 0.336 e. The van der Waals surface area contributed by atoms with Crippen LogP contribution in [0.5, 0.6) is 0 Å². The van der Waals surface area contributed by atoms with Crippen LogP contribution < -0.4 is 5.32 Å². The third-order valence-electron chi connectivity index (χ3n) is 3.13. The molecule has 2 rings (SSSR count). The molecule has 1 heterocycles. The quantitative estimate of drug-likeness (QED) is 0.800. The lowest BCUT2D eigenvalue weighted by atomic mass is 10.1. The van der Waals surface area contributed by atoms with E-state index < -0.39 is 12.1 Å². The smallest absolute Gasteiger partial charge is 0.336 e. The standard InChI is InChI=1S/C15H17NO5/c1-9-3-4-11-10(8-21-13(11)5-9)6-14(18)16-7-12(17)15(19)20-2/h3-5,8,12,17H,6-7H2,1-2H3,(H,16,18). The van der Waals surface area contributed by atoms with Crippen molar-refractivity contribution in [1.82, 2.24) is 5.32 Å². The lowest BCUT2D eigenvalue weighted by molar-refractivity contribution is -0.150. The zero-order valence-corrected chi connectivity index (χ0v) is 11.9. The number of nitrogens with one attached hydrogen (secondary N) is 1. The summed E-state index contributed by atoms with van der Waals surface area (Å²) >= 11 is 0. The summed E-state index contributed by atoms with van der Waals surface area (Å²) < 4.78 is 9.77. The molecule has 6 heteroatoms. The average Bonchev–Trinajstić information content (AvgIpc) is 2.85. The van der Waals surface area contributed by atoms with Gasteiger partial charge in [-0.25, -0.2) is 4.79 Å². The van der Waals surface area contributed by atoms with E-state index in [9.17, 15) is 14.7 Å². The van der Waals surface area contributed by atoms with E-state index in [1.165, 1.54) is 7.11 Å². The summed E-state index contributed by atoms with van der Waals surface area (Å²) in [5.74, 6) is -1.08. The van der Waals surface area contributed by atoms with Crippen molar-refractivity contribution in [3.8, 4) is 0 Å². The number of methoxy groups -OCH3 is 1. The number of hydrogen-bond acceptors (Lipinski definition) is 5. The van der Waals surface area contributed by atoms with Crippen LogP contribution in [0.4, 0.5) is 0 Å². The second-order valence-corrected chi connectivity index (χ2v) is 4.78. The molecule has 0 saturated heterocycles. The first kappa shape index (κ1) is 15.1. The van der Waals surface area contributed by atoms with Crippen molar-refractivity contribution in [2.45, 2.75) is 19.4 Å². The molecule has 0 bridgehead atoms. The molecule has 0 aliphatic rings. The van der Waals surface area contributed by atoms with E-state index in [0.717, 1.165) is 22.1 Å². The highest BCUT2D eigenvalue weighted by molar-refractivity contribution is 5.88. The number of aliphatic hydroxyl groups is 1. The second kappa shape index (κ2) is 6.41. The van der Waals surface area contributed by atoms with E-state index in [4.69, 9.17) is 4.42 Å². The van der Waals surface area contributed by atoms with Gasteiger partial charge in [0.1, 0.15) is 5.58 Å². The van der Waals surface area contributed by atoms with Crippen molar-refractivity contribution < 1.29 is 23.8 Å². The Morgan fingerprint density at radius 2 is 2.19 bits per heavy atom. The number of carbonyl (C=O) groups excluding carboxylic acids is 2. The number of amides is 1. The number of aliphatic hydroxyl groups excluding tert-OH is 1. The zero-order valence-electron chi connectivity index (χ0n) is 11.9. The molecule has 1 aromatic heterocycles. The third-order valence-corrected chi connectivity index (χ3v) is 3.13. The minimum absolute atomic E-state index is 0.115. The molecule has 1 amide bonds. The lowest BCUT2D eigenvalue weighted by Gasteiger charge is -2.09. The molecule has 112 valence electrons. The van der Waals surface area contributed by atoms with Gasteiger partial charge >= 0.3 is 5.97 Å². The number of hydrogen-bond donors (Lipinski definition) is 2. The Bertz CT molecular complexity index is 661. The first-order valence-corrected chi connectivity index (χ1v) is 6.50. The summed E-state index contributed by atoms with van der Waals surface area (Å²) in [6.45, 7) is 1.78. The average molecular weight is 291 g/mol. The number of rotatable bonds is 5. The van der Waals surface area contributed by atoms with Crippen LogP contribution in [0.3, 0.4) is 0 Å². The number of ether oxygens (including phenoxy) is 1. The Kier molecular flexibility index (Phi) is 4.59. The van der Waals surface area contributed by atoms with Gasteiger partial charge in [0.05, 0.1) is 26.3 Å². The summed E-state index contributed by atoms with van der Waals surface area (Å²) in [6.07, 6.45) is 0.299. The van der Waals surface area contributed by atoms with Gasteiger partial charge in [0, 0.05) is 10.9 Å². The zero-order chi connectivity index (χ0) is 15.4. The number of aryl methyl sites for hydroxylation is 1. The Balaban J connectivity index is 1.97. The summed E-state index contributed by atoms with van der Waals surface area (Å²) in [7, 11) is 1.17. The van der Waals surface area contributed by atoms with Gasteiger partial charge in [0.15, 0.2) is 6.10 Å². The molecule has 0 saturated carbocycles. The number of carbonyl (C=O) groups is 2. The van der Waals surface area contributed by atoms with E-state index >= 15 is 0 Å². The van der Waals surface area contributed by atoms with Gasteiger partial charge in [0.25, 0.3) is 0 Å². The molecular weight excluding hydrogens is 274 g/mol. The Morgan fingerprint density at radius 1 is 1.43 bits per heavy atom. The van der Waals surface area contributed by atoms with Crippen molar-refractivity contribution >= 4 is 22.8 Å². The van der Waals surface area contributed by atoms with Crippen LogP contribution in [-0.4, -0.2) is 36.7 Å². The normalized spacial score (nSPS) is 12.1. The molecule has 21 heavy (non-hydrogen) atoms. The van der Waals surface area contributed by atoms with Crippen LogP contribution in [0.1, 0.15) is 11.1 Å². The fourth-order valence-electron chi connectivity index (χ4n) is 1.99. The molecule has 2 aromatic rings. The molecule has 0 fully saturated rings. The van der Waals surface area contributed by atoms with Crippen molar-refractivity contribution in [3.63, 3.8) is 0 Å². The van der Waals surface area contributed by atoms with Crippen molar-refractivity contribution in [2.24, 2.45) is 0 Å². The van der Waals surface area contributed by atoms with E-state index in [1.807, 2.05) is 25.1 Å². The van der Waals surface area contributed by atoms with E-state index in [1.54, 1.807) is 6.26 Å². The highest BCUT2D eigenvalue weighted by atomic mass is 16.5. The number of fused-ring (bicyclic) bond motifs is 1. The van der Waals surface area contributed by atoms with Crippen LogP contribution in [0.2, 0.25) is 0 Å². The summed E-state index contributed by atoms with van der Waals surface area (Å²) in [6, 6.07) is 5.75. The first-order valence-electron chi connectivity index (χ1n) is 6.50. The van der Waals surface area contributed by atoms with Gasteiger partial charge in [-0.2, -0.15) is 0 Å². The summed E-state index contributed by atoms with van der Waals surface area (Å²) in [5.41, 5.74) is 2.57. The molecule has 1 unspecified atom stereocenters. The van der Waals surface area contributed by atoms with Crippen LogP contribution in [0.25, 0.3) is 11.0 Å². The molecule has 0 spiro atoms. The molecule has 1 aromatic carbocycles. The molecule has 2 N–H and O–H groups in total. The van der Waals surface area contributed by atoms with Crippen LogP contribution >= 0.6 is 0 Å². The van der Waals surface area contributed by atoms with Gasteiger partial charge in [-0.1, -0.05) is 12.1 Å². The summed E-state index contributed by atoms with van der Waals surface area (Å²) in [5, 5.41) is 12.7. The van der Waals surface area contributed by atoms with Crippen LogP contribution in [0, 0.1) is 6.92 Å². The first-order chi connectivity index (χ1) is 10.0. The van der Waals surface area contributed by atoms with Crippen molar-refractivity contribution in [2.75, 3.05) is 13.7 Å². The fourth-order valence-corrected chi connectivity index (χ4v) is 1.99. The molecule has 0 radical (unpaired) electrons. The van der Waals surface area contributed by atoms with Gasteiger partial charge < -0.3 is 19.6 Å². The highest BCUT2D eigenvalue weighted by Gasteiger charge is 2.17. The monoisotopic (exact) mass is 291 g/mol. The van der Waals surface area contributed by atoms with Gasteiger partial charge in [0.2, 0.25) is 5.91 Å². The Morgan fingerprint density at radius 3 is 2.90 bits per heavy atom. The lowest BCUT2D eigenvalue weighted by Crippen LogP contribution is -2.37. The van der Waals surface area contributed by atoms with E-state index in [2.05, 4.69) is 10.1 Å². The second-order valence-electron chi connectivity index (χ2n) is 4.78. The highest BCUT2D eigenvalue weighted by Crippen LogP contribution is 2.22. The topological polar surface area (TPSA) is 88.8 Å². The van der Waals surface area contributed by atoms with Crippen LogP contribution in [0.15, 0.2) is 28.9 Å². The molecule has 0 aliphatic carbocycles. The third kappa shape index (κ3) is 3.61. The van der Waals surface area contributed by atoms with Gasteiger partial charge in [-0.05, 0) is 18.6 Å². The maximum absolute atomic E-state index is 11.8. The minimum atomic E-state index is -1.36. The SMILES string of the molecule is COC(=O)C(O)CNC(=O)Cc1coc2cc(C)ccc12. The molecular formula is C15H17NO5. The van der Waals surface area contributed by atoms with Crippen molar-refractivity contribution in [1.29, 1.82) is 0 Å². The van der Waals surface area contributed by atoms with Crippen molar-refractivity contribution in [3.05, 3.63) is 35.6 Å². The number of benzene rings is 1. The molecule has 1 atom stereocenters. The van der Waals surface area contributed by atoms with E-state index in [-0.39, 0.29) is 18.9 Å². The number of furan rings is 1. The number of esters is 1. The Labute approximate surface area is 121 Å². The van der Waals surface area contributed by atoms with Crippen LogP contribution in [-0.2, 0) is 20.7 Å². The van der Waals surface area contributed by atoms with E-state index in [0.29, 0.717) is 0 Å². The van der Waals surface area contributed by atoms with Gasteiger partial charge in [-0.15, -0.1) is 0 Å². The molecule has 0 aliphatic heterocycles. The Hall–Kier alpha value is -2.34. The minimum Gasteiger partial charge on any atom is -0.467 e. The maximum atomic E-state index is 11.8. The molecule has 6 nitrogen and oxygen atoms in total. The predicted molar refractivity (Wildman–Crippen MR) is 75.7 cm³/mol. The van der Waals surface area contributed by atoms with Gasteiger partial charge in [-0.3, -0.25) is 4.79 Å². The largest absolute Gasteiger partial charge is 0.467 e. The fraction of sp³-hybridized carbons (Fsp3) is 0.333.